The fourth-order valence-corrected chi connectivity index (χ4v) is 3.25. The second kappa shape index (κ2) is 9.75. The Balaban J connectivity index is 2.49. The maximum Gasteiger partial charge on any atom is 0.408 e. The molecule has 156 valence electrons. The number of nitrogens with zero attached hydrogens (tertiary/aromatic N) is 3. The number of hydrogen-bond donors (Lipinski definition) is 1. The number of halogens is 1. The molecule has 0 saturated carbocycles. The van der Waals surface area contributed by atoms with Crippen LogP contribution in [0.1, 0.15) is 65.2 Å². The summed E-state index contributed by atoms with van der Waals surface area (Å²) in [4.78, 5) is 30.2. The van der Waals surface area contributed by atoms with Crippen molar-refractivity contribution >= 4 is 28.6 Å². The minimum Gasteiger partial charge on any atom is -0.444 e. The lowest BCUT2D eigenvalue weighted by molar-refractivity contribution is 0.0498. The van der Waals surface area contributed by atoms with Crippen molar-refractivity contribution in [3.8, 4) is 6.07 Å². The largest absolute Gasteiger partial charge is 0.444 e. The van der Waals surface area contributed by atoms with E-state index in [4.69, 9.17) is 21.6 Å². The molecule has 0 aliphatic heterocycles. The van der Waals surface area contributed by atoms with Crippen LogP contribution in [0.3, 0.4) is 0 Å². The van der Waals surface area contributed by atoms with Crippen LogP contribution in [0.4, 0.5) is 4.79 Å². The van der Waals surface area contributed by atoms with Crippen molar-refractivity contribution in [2.45, 2.75) is 71.6 Å². The molecule has 1 aromatic carbocycles. The molecule has 1 N–H and O–H groups in total. The highest BCUT2D eigenvalue weighted by atomic mass is 35.5. The van der Waals surface area contributed by atoms with Crippen LogP contribution in [0.15, 0.2) is 23.0 Å². The minimum absolute atomic E-state index is 0.253. The predicted octanol–water partition coefficient (Wildman–Crippen LogP) is 4.72. The van der Waals surface area contributed by atoms with Crippen LogP contribution in [-0.2, 0) is 11.3 Å². The first-order valence-corrected chi connectivity index (χ1v) is 10.1. The van der Waals surface area contributed by atoms with E-state index in [9.17, 15) is 9.59 Å². The highest BCUT2D eigenvalue weighted by molar-refractivity contribution is 6.35. The second-order valence-corrected chi connectivity index (χ2v) is 8.19. The second-order valence-electron chi connectivity index (χ2n) is 7.78. The fraction of sp³-hybridized carbons (Fsp3) is 0.524. The summed E-state index contributed by atoms with van der Waals surface area (Å²) in [7, 11) is 0. The Labute approximate surface area is 175 Å². The zero-order valence-corrected chi connectivity index (χ0v) is 18.0. The van der Waals surface area contributed by atoms with E-state index in [-0.39, 0.29) is 5.56 Å². The third-order valence-corrected chi connectivity index (χ3v) is 4.61. The highest BCUT2D eigenvalue weighted by Gasteiger charge is 2.24. The summed E-state index contributed by atoms with van der Waals surface area (Å²) in [5.41, 5.74) is -0.406. The zero-order valence-electron chi connectivity index (χ0n) is 17.3. The molecule has 1 amide bonds. The third-order valence-electron chi connectivity index (χ3n) is 4.29. The molecule has 0 bridgehead atoms. The predicted molar refractivity (Wildman–Crippen MR) is 113 cm³/mol. The summed E-state index contributed by atoms with van der Waals surface area (Å²) in [5.74, 6) is 0.454. The Kier molecular flexibility index (Phi) is 7.63. The van der Waals surface area contributed by atoms with Gasteiger partial charge in [0, 0.05) is 13.0 Å². The number of ether oxygens (including phenoxy) is 1. The molecule has 29 heavy (non-hydrogen) atoms. The standard InChI is InChI=1S/C21H27ClN4O3/c1-5-15(25-20(28)29-21(2,3)4)18-24-16-11-9-10-14(22)17(16)19(27)26(18)13-8-6-7-12-23/h9-11,15H,5-8,13H2,1-4H3,(H,25,28)/t15-/m0/s1. The van der Waals surface area contributed by atoms with Crippen LogP contribution in [0.2, 0.25) is 5.02 Å². The van der Waals surface area contributed by atoms with Gasteiger partial charge in [-0.1, -0.05) is 24.6 Å². The molecule has 0 radical (unpaired) electrons. The van der Waals surface area contributed by atoms with Crippen molar-refractivity contribution in [2.24, 2.45) is 0 Å². The minimum atomic E-state index is -0.635. The van der Waals surface area contributed by atoms with Crippen molar-refractivity contribution in [3.63, 3.8) is 0 Å². The molecule has 0 spiro atoms. The molecule has 2 aromatic rings. The zero-order chi connectivity index (χ0) is 21.6. The SMILES string of the molecule is CC[C@H](NC(=O)OC(C)(C)C)c1nc2cccc(Cl)c2c(=O)n1CCCCC#N. The lowest BCUT2D eigenvalue weighted by atomic mass is 10.1. The van der Waals surface area contributed by atoms with Crippen LogP contribution < -0.4 is 10.9 Å². The molecule has 1 aromatic heterocycles. The van der Waals surface area contributed by atoms with Gasteiger partial charge in [0.05, 0.1) is 28.0 Å². The number of aromatic nitrogens is 2. The summed E-state index contributed by atoms with van der Waals surface area (Å²) in [6.07, 6.45) is 1.68. The van der Waals surface area contributed by atoms with E-state index in [2.05, 4.69) is 16.4 Å². The molecule has 7 nitrogen and oxygen atoms in total. The Morgan fingerprint density at radius 1 is 1.38 bits per heavy atom. The molecule has 0 saturated heterocycles. The number of amides is 1. The van der Waals surface area contributed by atoms with Gasteiger partial charge in [0.1, 0.15) is 11.4 Å². The molecule has 0 aliphatic rings. The van der Waals surface area contributed by atoms with Gasteiger partial charge in [0.2, 0.25) is 0 Å². The monoisotopic (exact) mass is 418 g/mol. The molecule has 8 heteroatoms. The first kappa shape index (κ1) is 22.7. The van der Waals surface area contributed by atoms with Crippen LogP contribution >= 0.6 is 11.6 Å². The molecule has 0 fully saturated rings. The molecule has 1 heterocycles. The number of alkyl carbamates (subject to hydrolysis) is 1. The maximum atomic E-state index is 13.2. The van der Waals surface area contributed by atoms with Gasteiger partial charge >= 0.3 is 6.09 Å². The van der Waals surface area contributed by atoms with E-state index >= 15 is 0 Å². The third kappa shape index (κ3) is 5.94. The lowest BCUT2D eigenvalue weighted by Crippen LogP contribution is -2.38. The van der Waals surface area contributed by atoms with E-state index < -0.39 is 17.7 Å². The lowest BCUT2D eigenvalue weighted by Gasteiger charge is -2.24. The number of nitrogens with one attached hydrogen (secondary N) is 1. The van der Waals surface area contributed by atoms with Crippen molar-refractivity contribution in [3.05, 3.63) is 39.4 Å². The quantitative estimate of drug-likeness (QED) is 0.656. The van der Waals surface area contributed by atoms with Gasteiger partial charge < -0.3 is 10.1 Å². The Hall–Kier alpha value is -2.59. The smallest absolute Gasteiger partial charge is 0.408 e. The van der Waals surface area contributed by atoms with Gasteiger partial charge in [-0.2, -0.15) is 5.26 Å². The first-order chi connectivity index (χ1) is 13.7. The van der Waals surface area contributed by atoms with Crippen molar-refractivity contribution in [1.29, 1.82) is 5.26 Å². The Bertz CT molecular complexity index is 973. The average molecular weight is 419 g/mol. The normalized spacial score (nSPS) is 12.4. The van der Waals surface area contributed by atoms with Crippen LogP contribution in [0.25, 0.3) is 10.9 Å². The molecular weight excluding hydrogens is 392 g/mol. The van der Waals surface area contributed by atoms with Crippen LogP contribution in [0, 0.1) is 11.3 Å². The first-order valence-electron chi connectivity index (χ1n) is 9.73. The van der Waals surface area contributed by atoms with E-state index in [1.54, 1.807) is 43.5 Å². The van der Waals surface area contributed by atoms with Gasteiger partial charge in [0.25, 0.3) is 5.56 Å². The van der Waals surface area contributed by atoms with Crippen LogP contribution in [-0.4, -0.2) is 21.2 Å². The van der Waals surface area contributed by atoms with E-state index in [0.717, 1.165) is 0 Å². The maximum absolute atomic E-state index is 13.2. The number of nitriles is 1. The Morgan fingerprint density at radius 3 is 2.72 bits per heavy atom. The molecule has 1 atom stereocenters. The molecule has 0 aliphatic carbocycles. The average Bonchev–Trinajstić information content (AvgIpc) is 2.63. The summed E-state index contributed by atoms with van der Waals surface area (Å²) >= 11 is 6.25. The van der Waals surface area contributed by atoms with Gasteiger partial charge in [-0.15, -0.1) is 0 Å². The number of hydrogen-bond acceptors (Lipinski definition) is 5. The van der Waals surface area contributed by atoms with Crippen molar-refractivity contribution in [2.75, 3.05) is 0 Å². The summed E-state index contributed by atoms with van der Waals surface area (Å²) in [6.45, 7) is 7.64. The summed E-state index contributed by atoms with van der Waals surface area (Å²) in [6, 6.07) is 6.72. The highest BCUT2D eigenvalue weighted by Crippen LogP contribution is 2.23. The number of unbranched alkanes of at least 4 members (excludes halogenated alkanes) is 2. The van der Waals surface area contributed by atoms with E-state index in [1.807, 2.05) is 6.92 Å². The van der Waals surface area contributed by atoms with Crippen LogP contribution in [0.5, 0.6) is 0 Å². The van der Waals surface area contributed by atoms with Gasteiger partial charge in [-0.05, 0) is 52.2 Å². The number of fused-ring (bicyclic) bond motifs is 1. The topological polar surface area (TPSA) is 97.0 Å². The van der Waals surface area contributed by atoms with Gasteiger partial charge in [-0.3, -0.25) is 9.36 Å². The van der Waals surface area contributed by atoms with Crippen molar-refractivity contribution < 1.29 is 9.53 Å². The molecule has 2 rings (SSSR count). The number of carbonyl (C=O) groups is 1. The summed E-state index contributed by atoms with van der Waals surface area (Å²) < 4.78 is 6.91. The van der Waals surface area contributed by atoms with Gasteiger partial charge in [0.15, 0.2) is 0 Å². The molecule has 0 unspecified atom stereocenters. The Morgan fingerprint density at radius 2 is 2.10 bits per heavy atom. The number of benzene rings is 1. The fourth-order valence-electron chi connectivity index (χ4n) is 3.00. The van der Waals surface area contributed by atoms with E-state index in [1.165, 1.54) is 0 Å². The van der Waals surface area contributed by atoms with E-state index in [0.29, 0.717) is 54.0 Å². The molecular formula is C21H27ClN4O3. The van der Waals surface area contributed by atoms with Gasteiger partial charge in [-0.25, -0.2) is 9.78 Å². The number of rotatable bonds is 7. The van der Waals surface area contributed by atoms with Crippen molar-refractivity contribution in [1.82, 2.24) is 14.9 Å². The number of carbonyl (C=O) groups excluding carboxylic acids is 1. The summed E-state index contributed by atoms with van der Waals surface area (Å²) in [5, 5.41) is 12.3.